The van der Waals surface area contributed by atoms with Crippen molar-refractivity contribution in [2.45, 2.75) is 39.0 Å². The largest absolute Gasteiger partial charge is 0.380 e. The van der Waals surface area contributed by atoms with Crippen molar-refractivity contribution >= 4 is 0 Å². The zero-order valence-electron chi connectivity index (χ0n) is 10.3. The highest BCUT2D eigenvalue weighted by Gasteiger charge is 1.98. The molecule has 1 unspecified atom stereocenters. The molecular formula is C15H22O. The van der Waals surface area contributed by atoms with Gasteiger partial charge in [-0.15, -0.1) is 24.8 Å². The monoisotopic (exact) mass is 218 g/mol. The molecule has 0 aromatic heterocycles. The second kappa shape index (κ2) is 11.9. The minimum Gasteiger partial charge on any atom is -0.380 e. The summed E-state index contributed by atoms with van der Waals surface area (Å²) in [7, 11) is 0. The van der Waals surface area contributed by atoms with Gasteiger partial charge in [0.25, 0.3) is 0 Å². The molecule has 0 bridgehead atoms. The Morgan fingerprint density at radius 3 is 2.75 bits per heavy atom. The number of terminal acetylenes is 1. The fourth-order valence-corrected chi connectivity index (χ4v) is 1.17. The maximum atomic E-state index is 5.43. The Bertz CT molecular complexity index is 261. The summed E-state index contributed by atoms with van der Waals surface area (Å²) in [5, 5.41) is 0. The van der Waals surface area contributed by atoms with Crippen molar-refractivity contribution in [2.24, 2.45) is 5.92 Å². The third-order valence-electron chi connectivity index (χ3n) is 2.09. The Morgan fingerprint density at radius 1 is 1.38 bits per heavy atom. The average Bonchev–Trinajstić information content (AvgIpc) is 2.31. The highest BCUT2D eigenvalue weighted by atomic mass is 16.5. The van der Waals surface area contributed by atoms with Crippen LogP contribution in [0.2, 0.25) is 0 Å². The van der Waals surface area contributed by atoms with Crippen LogP contribution in [-0.4, -0.2) is 13.2 Å². The second-order valence-corrected chi connectivity index (χ2v) is 3.65. The van der Waals surface area contributed by atoms with E-state index < -0.39 is 0 Å². The number of ether oxygens (including phenoxy) is 1. The molecule has 0 saturated carbocycles. The summed E-state index contributed by atoms with van der Waals surface area (Å²) in [5.41, 5.74) is 0. The van der Waals surface area contributed by atoms with E-state index in [-0.39, 0.29) is 5.92 Å². The second-order valence-electron chi connectivity index (χ2n) is 3.65. The molecule has 0 aliphatic heterocycles. The van der Waals surface area contributed by atoms with Gasteiger partial charge < -0.3 is 4.74 Å². The maximum absolute atomic E-state index is 5.43. The van der Waals surface area contributed by atoms with Crippen LogP contribution in [0.3, 0.4) is 0 Å². The molecule has 0 aliphatic rings. The highest BCUT2D eigenvalue weighted by Crippen LogP contribution is 2.00. The van der Waals surface area contributed by atoms with E-state index in [4.69, 9.17) is 11.2 Å². The summed E-state index contributed by atoms with van der Waals surface area (Å²) in [6.45, 7) is 7.32. The first-order valence-electron chi connectivity index (χ1n) is 5.97. The molecule has 0 radical (unpaired) electrons. The van der Waals surface area contributed by atoms with E-state index in [1.807, 2.05) is 6.08 Å². The van der Waals surface area contributed by atoms with Crippen molar-refractivity contribution in [2.75, 3.05) is 13.2 Å². The van der Waals surface area contributed by atoms with Crippen molar-refractivity contribution in [3.63, 3.8) is 0 Å². The normalized spacial score (nSPS) is 11.0. The zero-order chi connectivity index (χ0) is 12.1. The Labute approximate surface area is 100 Å². The molecule has 1 nitrogen and oxygen atoms in total. The summed E-state index contributed by atoms with van der Waals surface area (Å²) in [5.74, 6) is 9.11. The predicted molar refractivity (Wildman–Crippen MR) is 69.9 cm³/mol. The lowest BCUT2D eigenvalue weighted by atomic mass is 10.1. The molecule has 0 aliphatic carbocycles. The Hall–Kier alpha value is -1.18. The molecule has 16 heavy (non-hydrogen) atoms. The van der Waals surface area contributed by atoms with Gasteiger partial charge in [-0.2, -0.15) is 0 Å². The standard InChI is InChI=1S/C15H22O/c1-4-7-8-9-10-11-12-15(6-3)14-16-13-5-2/h1,6,15H,3,5,7-10,13-14H2,2H3. The van der Waals surface area contributed by atoms with E-state index >= 15 is 0 Å². The number of hydrogen-bond donors (Lipinski definition) is 0. The van der Waals surface area contributed by atoms with Crippen molar-refractivity contribution in [3.8, 4) is 24.2 Å². The van der Waals surface area contributed by atoms with Gasteiger partial charge in [-0.25, -0.2) is 0 Å². The summed E-state index contributed by atoms with van der Waals surface area (Å²) in [6, 6.07) is 0. The minimum absolute atomic E-state index is 0.166. The lowest BCUT2D eigenvalue weighted by molar-refractivity contribution is 0.125. The quantitative estimate of drug-likeness (QED) is 0.344. The fourth-order valence-electron chi connectivity index (χ4n) is 1.17. The molecule has 0 fully saturated rings. The first-order valence-corrected chi connectivity index (χ1v) is 5.97. The molecule has 1 atom stereocenters. The van der Waals surface area contributed by atoms with Gasteiger partial charge >= 0.3 is 0 Å². The van der Waals surface area contributed by atoms with E-state index in [9.17, 15) is 0 Å². The van der Waals surface area contributed by atoms with Gasteiger partial charge in [0.15, 0.2) is 0 Å². The average molecular weight is 218 g/mol. The van der Waals surface area contributed by atoms with Crippen LogP contribution in [0, 0.1) is 30.1 Å². The predicted octanol–water partition coefficient (Wildman–Crippen LogP) is 3.41. The summed E-state index contributed by atoms with van der Waals surface area (Å²) in [6.07, 6.45) is 12.0. The molecule has 0 heterocycles. The van der Waals surface area contributed by atoms with E-state index in [2.05, 4.69) is 31.3 Å². The molecular weight excluding hydrogens is 196 g/mol. The van der Waals surface area contributed by atoms with Gasteiger partial charge in [-0.3, -0.25) is 0 Å². The van der Waals surface area contributed by atoms with Crippen molar-refractivity contribution in [1.82, 2.24) is 0 Å². The van der Waals surface area contributed by atoms with Gasteiger partial charge in [0, 0.05) is 19.4 Å². The van der Waals surface area contributed by atoms with E-state index in [0.717, 1.165) is 38.7 Å². The van der Waals surface area contributed by atoms with Crippen LogP contribution in [-0.2, 0) is 4.74 Å². The van der Waals surface area contributed by atoms with Gasteiger partial charge in [0.1, 0.15) is 0 Å². The van der Waals surface area contributed by atoms with Crippen molar-refractivity contribution in [1.29, 1.82) is 0 Å². The molecule has 1 heteroatoms. The molecule has 0 spiro atoms. The smallest absolute Gasteiger partial charge is 0.0639 e. The van der Waals surface area contributed by atoms with Gasteiger partial charge in [0.2, 0.25) is 0 Å². The highest BCUT2D eigenvalue weighted by molar-refractivity contribution is 5.09. The topological polar surface area (TPSA) is 9.23 Å². The summed E-state index contributed by atoms with van der Waals surface area (Å²) >= 11 is 0. The lowest BCUT2D eigenvalue weighted by Gasteiger charge is -2.05. The summed E-state index contributed by atoms with van der Waals surface area (Å²) in [4.78, 5) is 0. The zero-order valence-corrected chi connectivity index (χ0v) is 10.3. The third kappa shape index (κ3) is 9.38. The van der Waals surface area contributed by atoms with Crippen LogP contribution >= 0.6 is 0 Å². The maximum Gasteiger partial charge on any atom is 0.0639 e. The van der Waals surface area contributed by atoms with Gasteiger partial charge in [0.05, 0.1) is 12.5 Å². The molecule has 0 rings (SSSR count). The van der Waals surface area contributed by atoms with Crippen LogP contribution in [0.15, 0.2) is 12.7 Å². The number of unbranched alkanes of at least 4 members (excludes halogenated alkanes) is 3. The van der Waals surface area contributed by atoms with Crippen molar-refractivity contribution < 1.29 is 4.74 Å². The number of rotatable bonds is 8. The van der Waals surface area contributed by atoms with Crippen LogP contribution < -0.4 is 0 Å². The lowest BCUT2D eigenvalue weighted by Crippen LogP contribution is -2.05. The number of hydrogen-bond acceptors (Lipinski definition) is 1. The van der Waals surface area contributed by atoms with E-state index in [0.29, 0.717) is 6.61 Å². The van der Waals surface area contributed by atoms with Crippen LogP contribution in [0.1, 0.15) is 39.0 Å². The van der Waals surface area contributed by atoms with Crippen LogP contribution in [0.25, 0.3) is 0 Å². The van der Waals surface area contributed by atoms with E-state index in [1.165, 1.54) is 0 Å². The minimum atomic E-state index is 0.166. The molecule has 0 aromatic carbocycles. The Balaban J connectivity index is 3.63. The Kier molecular flexibility index (Phi) is 11.0. The van der Waals surface area contributed by atoms with Crippen LogP contribution in [0.4, 0.5) is 0 Å². The van der Waals surface area contributed by atoms with Gasteiger partial charge in [-0.1, -0.05) is 18.9 Å². The molecule has 0 amide bonds. The summed E-state index contributed by atoms with van der Waals surface area (Å²) < 4.78 is 5.43. The van der Waals surface area contributed by atoms with E-state index in [1.54, 1.807) is 0 Å². The first kappa shape index (κ1) is 14.8. The third-order valence-corrected chi connectivity index (χ3v) is 2.09. The SMILES string of the molecule is C#CCCCCC#CC(C=C)COCCC. The van der Waals surface area contributed by atoms with Crippen molar-refractivity contribution in [3.05, 3.63) is 12.7 Å². The molecule has 88 valence electrons. The van der Waals surface area contributed by atoms with Crippen LogP contribution in [0.5, 0.6) is 0 Å². The first-order chi connectivity index (χ1) is 7.85. The van der Waals surface area contributed by atoms with Gasteiger partial charge in [-0.05, 0) is 19.3 Å². The fraction of sp³-hybridized carbons (Fsp3) is 0.600. The molecule has 0 saturated heterocycles. The molecule has 0 N–H and O–H groups in total. The molecule has 0 aromatic rings. The Morgan fingerprint density at radius 2 is 2.12 bits per heavy atom.